The first-order valence-corrected chi connectivity index (χ1v) is 7.04. The molecule has 1 atom stereocenters. The number of nitrogens with zero attached hydrogens (tertiary/aromatic N) is 3. The monoisotopic (exact) mass is 253 g/mol. The second kappa shape index (κ2) is 7.73. The van der Waals surface area contributed by atoms with Crippen LogP contribution in [0.2, 0.25) is 0 Å². The minimum Gasteiger partial charge on any atom is -0.390 e. The molecule has 1 aliphatic heterocycles. The molecule has 0 aromatic rings. The van der Waals surface area contributed by atoms with E-state index in [-0.39, 0.29) is 6.10 Å². The zero-order valence-corrected chi connectivity index (χ0v) is 12.0. The molecule has 0 bridgehead atoms. The van der Waals surface area contributed by atoms with Gasteiger partial charge in [-0.3, -0.25) is 4.90 Å². The highest BCUT2D eigenvalue weighted by Gasteiger charge is 2.20. The van der Waals surface area contributed by atoms with Gasteiger partial charge in [-0.15, -0.1) is 0 Å². The largest absolute Gasteiger partial charge is 0.390 e. The van der Waals surface area contributed by atoms with Gasteiger partial charge in [-0.2, -0.15) is 5.26 Å². The van der Waals surface area contributed by atoms with Crippen LogP contribution in [0.5, 0.6) is 0 Å². The molecule has 1 unspecified atom stereocenters. The van der Waals surface area contributed by atoms with Gasteiger partial charge in [0, 0.05) is 19.1 Å². The van der Waals surface area contributed by atoms with Crippen LogP contribution in [0.15, 0.2) is 0 Å². The molecule has 0 aromatic carbocycles. The van der Waals surface area contributed by atoms with E-state index in [1.54, 1.807) is 0 Å². The van der Waals surface area contributed by atoms with E-state index >= 15 is 0 Å². The van der Waals surface area contributed by atoms with Gasteiger partial charge in [0.05, 0.1) is 18.7 Å². The topological polar surface area (TPSA) is 50.5 Å². The van der Waals surface area contributed by atoms with Crippen LogP contribution in [0.25, 0.3) is 0 Å². The van der Waals surface area contributed by atoms with Crippen molar-refractivity contribution in [1.29, 1.82) is 5.26 Å². The lowest BCUT2D eigenvalue weighted by Crippen LogP contribution is -2.44. The second-order valence-corrected chi connectivity index (χ2v) is 5.82. The van der Waals surface area contributed by atoms with Gasteiger partial charge in [-0.1, -0.05) is 6.92 Å². The molecule has 0 spiro atoms. The SMILES string of the molecule is CC1CCN(CC(O)CN(CC#N)C(C)C)CC1. The quantitative estimate of drug-likeness (QED) is 0.725. The summed E-state index contributed by atoms with van der Waals surface area (Å²) in [5.74, 6) is 0.823. The lowest BCUT2D eigenvalue weighted by atomic mass is 9.99. The smallest absolute Gasteiger partial charge is 0.0869 e. The molecule has 0 aliphatic carbocycles. The summed E-state index contributed by atoms with van der Waals surface area (Å²) in [7, 11) is 0. The molecule has 1 saturated heterocycles. The summed E-state index contributed by atoms with van der Waals surface area (Å²) in [5, 5.41) is 18.9. The highest BCUT2D eigenvalue weighted by molar-refractivity contribution is 4.81. The third kappa shape index (κ3) is 5.34. The predicted octanol–water partition coefficient (Wildman–Crippen LogP) is 1.31. The third-order valence-electron chi connectivity index (χ3n) is 3.79. The lowest BCUT2D eigenvalue weighted by Gasteiger charge is -2.33. The summed E-state index contributed by atoms with van der Waals surface area (Å²) in [6, 6.07) is 2.47. The Hall–Kier alpha value is -0.630. The first-order chi connectivity index (χ1) is 8.52. The van der Waals surface area contributed by atoms with Crippen LogP contribution in [0.1, 0.15) is 33.6 Å². The molecular formula is C14H27N3O. The molecule has 0 amide bonds. The number of piperidine rings is 1. The maximum atomic E-state index is 10.1. The summed E-state index contributed by atoms with van der Waals surface area (Å²) < 4.78 is 0. The van der Waals surface area contributed by atoms with Crippen molar-refractivity contribution in [2.24, 2.45) is 5.92 Å². The number of hydrogen-bond donors (Lipinski definition) is 1. The van der Waals surface area contributed by atoms with Crippen molar-refractivity contribution in [3.05, 3.63) is 0 Å². The molecule has 1 rings (SSSR count). The summed E-state index contributed by atoms with van der Waals surface area (Å²) in [6.07, 6.45) is 2.12. The van der Waals surface area contributed by atoms with E-state index < -0.39 is 0 Å². The molecule has 0 radical (unpaired) electrons. The Bertz CT molecular complexity index is 267. The van der Waals surface area contributed by atoms with Crippen LogP contribution < -0.4 is 0 Å². The van der Waals surface area contributed by atoms with E-state index in [9.17, 15) is 5.11 Å². The molecular weight excluding hydrogens is 226 g/mol. The Kier molecular flexibility index (Phi) is 6.62. The molecule has 104 valence electrons. The number of nitriles is 1. The minimum absolute atomic E-state index is 0.306. The molecule has 1 N–H and O–H groups in total. The van der Waals surface area contributed by atoms with Crippen LogP contribution in [0.4, 0.5) is 0 Å². The third-order valence-corrected chi connectivity index (χ3v) is 3.79. The lowest BCUT2D eigenvalue weighted by molar-refractivity contribution is 0.0568. The maximum absolute atomic E-state index is 10.1. The van der Waals surface area contributed by atoms with Gasteiger partial charge >= 0.3 is 0 Å². The standard InChI is InChI=1S/C14H27N3O/c1-12(2)17(9-6-15)11-14(18)10-16-7-4-13(3)5-8-16/h12-14,18H,4-5,7-11H2,1-3H3. The Balaban J connectivity index is 2.31. The Morgan fingerprint density at radius 1 is 1.39 bits per heavy atom. The molecule has 4 heteroatoms. The molecule has 4 nitrogen and oxygen atoms in total. The Labute approximate surface area is 111 Å². The van der Waals surface area contributed by atoms with Crippen LogP contribution in [-0.2, 0) is 0 Å². The number of aliphatic hydroxyl groups excluding tert-OH is 1. The Morgan fingerprint density at radius 3 is 2.50 bits per heavy atom. The summed E-state index contributed by atoms with van der Waals surface area (Å²) in [6.45, 7) is 10.3. The van der Waals surface area contributed by atoms with Gasteiger partial charge in [0.2, 0.25) is 0 Å². The van der Waals surface area contributed by atoms with Crippen molar-refractivity contribution < 1.29 is 5.11 Å². The molecule has 0 aromatic heterocycles. The first-order valence-electron chi connectivity index (χ1n) is 7.04. The van der Waals surface area contributed by atoms with Crippen LogP contribution in [-0.4, -0.2) is 59.8 Å². The van der Waals surface area contributed by atoms with E-state index in [0.717, 1.165) is 25.6 Å². The van der Waals surface area contributed by atoms with Crippen LogP contribution in [0, 0.1) is 17.2 Å². The number of β-amino-alcohol motifs (C(OH)–C–C–N with tert-alkyl or cyclic N) is 1. The number of rotatable bonds is 6. The molecule has 1 heterocycles. The van der Waals surface area contributed by atoms with E-state index in [0.29, 0.717) is 19.1 Å². The fourth-order valence-corrected chi connectivity index (χ4v) is 2.42. The number of likely N-dealkylation sites (tertiary alicyclic amines) is 1. The normalized spacial score (nSPS) is 20.3. The fourth-order valence-electron chi connectivity index (χ4n) is 2.42. The van der Waals surface area contributed by atoms with Gasteiger partial charge < -0.3 is 10.0 Å². The average Bonchev–Trinajstić information content (AvgIpc) is 2.31. The summed E-state index contributed by atoms with van der Waals surface area (Å²) >= 11 is 0. The van der Waals surface area contributed by atoms with Crippen molar-refractivity contribution in [3.8, 4) is 6.07 Å². The maximum Gasteiger partial charge on any atom is 0.0869 e. The Morgan fingerprint density at radius 2 is 2.00 bits per heavy atom. The molecule has 0 saturated carbocycles. The van der Waals surface area contributed by atoms with E-state index in [2.05, 4.69) is 31.7 Å². The fraction of sp³-hybridized carbons (Fsp3) is 0.929. The zero-order valence-electron chi connectivity index (χ0n) is 12.0. The van der Waals surface area contributed by atoms with Crippen molar-refractivity contribution in [3.63, 3.8) is 0 Å². The van der Waals surface area contributed by atoms with Crippen LogP contribution >= 0.6 is 0 Å². The highest BCUT2D eigenvalue weighted by Crippen LogP contribution is 2.16. The van der Waals surface area contributed by atoms with Crippen molar-refractivity contribution >= 4 is 0 Å². The molecule has 18 heavy (non-hydrogen) atoms. The first kappa shape index (κ1) is 15.4. The van der Waals surface area contributed by atoms with Gasteiger partial charge in [0.15, 0.2) is 0 Å². The molecule has 1 aliphatic rings. The van der Waals surface area contributed by atoms with E-state index in [1.165, 1.54) is 12.8 Å². The summed E-state index contributed by atoms with van der Waals surface area (Å²) in [5.41, 5.74) is 0. The van der Waals surface area contributed by atoms with Crippen molar-refractivity contribution in [1.82, 2.24) is 9.80 Å². The summed E-state index contributed by atoms with van der Waals surface area (Å²) in [4.78, 5) is 4.37. The van der Waals surface area contributed by atoms with E-state index in [1.807, 2.05) is 4.90 Å². The zero-order chi connectivity index (χ0) is 13.5. The van der Waals surface area contributed by atoms with Gasteiger partial charge in [0.25, 0.3) is 0 Å². The van der Waals surface area contributed by atoms with E-state index in [4.69, 9.17) is 5.26 Å². The van der Waals surface area contributed by atoms with Gasteiger partial charge in [-0.25, -0.2) is 0 Å². The van der Waals surface area contributed by atoms with Crippen molar-refractivity contribution in [2.75, 3.05) is 32.7 Å². The predicted molar refractivity (Wildman–Crippen MR) is 73.2 cm³/mol. The molecule has 1 fully saturated rings. The van der Waals surface area contributed by atoms with Crippen LogP contribution in [0.3, 0.4) is 0 Å². The minimum atomic E-state index is -0.353. The second-order valence-electron chi connectivity index (χ2n) is 5.82. The van der Waals surface area contributed by atoms with Gasteiger partial charge in [0.1, 0.15) is 0 Å². The highest BCUT2D eigenvalue weighted by atomic mass is 16.3. The van der Waals surface area contributed by atoms with Crippen molar-refractivity contribution in [2.45, 2.75) is 45.8 Å². The van der Waals surface area contributed by atoms with Gasteiger partial charge in [-0.05, 0) is 45.7 Å². The average molecular weight is 253 g/mol. The number of hydrogen-bond acceptors (Lipinski definition) is 4. The number of aliphatic hydroxyl groups is 1.